The van der Waals surface area contributed by atoms with Gasteiger partial charge in [-0.25, -0.2) is 0 Å². The molecule has 0 spiro atoms. The van der Waals surface area contributed by atoms with E-state index in [1.54, 1.807) is 11.3 Å². The van der Waals surface area contributed by atoms with Gasteiger partial charge in [-0.05, 0) is 45.9 Å². The Morgan fingerprint density at radius 1 is 1.41 bits per heavy atom. The lowest BCUT2D eigenvalue weighted by molar-refractivity contribution is 0.219. The van der Waals surface area contributed by atoms with Crippen LogP contribution >= 0.6 is 27.3 Å². The van der Waals surface area contributed by atoms with E-state index in [0.29, 0.717) is 6.61 Å². The molecule has 0 fully saturated rings. The van der Waals surface area contributed by atoms with Gasteiger partial charge >= 0.3 is 0 Å². The molecule has 0 aliphatic carbocycles. The summed E-state index contributed by atoms with van der Waals surface area (Å²) < 4.78 is 6.37. The molecule has 2 aromatic rings. The third-order valence-electron chi connectivity index (χ3n) is 2.42. The fourth-order valence-corrected chi connectivity index (χ4v) is 3.14. The van der Waals surface area contributed by atoms with Crippen molar-refractivity contribution in [2.45, 2.75) is 13.0 Å². The smallest absolute Gasteiger partial charge is 0.119 e. The standard InChI is InChI=1S/C13H13BrO2S/c1-2-16-10-5-3-4-9(6-10)13(15)11-7-17-8-12(11)14/h3-8,13,15H,2H2,1H3. The first-order valence-electron chi connectivity index (χ1n) is 5.34. The third-order valence-corrected chi connectivity index (χ3v) is 4.17. The minimum absolute atomic E-state index is 0.615. The fourth-order valence-electron chi connectivity index (χ4n) is 1.61. The number of ether oxygens (including phenoxy) is 1. The van der Waals surface area contributed by atoms with Gasteiger partial charge in [-0.15, -0.1) is 0 Å². The second-order valence-electron chi connectivity index (χ2n) is 3.58. The van der Waals surface area contributed by atoms with Gasteiger partial charge in [-0.3, -0.25) is 0 Å². The topological polar surface area (TPSA) is 29.5 Å². The van der Waals surface area contributed by atoms with Crippen LogP contribution in [0.3, 0.4) is 0 Å². The summed E-state index contributed by atoms with van der Waals surface area (Å²) in [6, 6.07) is 7.56. The molecule has 0 bridgehead atoms. The number of rotatable bonds is 4. The Labute approximate surface area is 113 Å². The van der Waals surface area contributed by atoms with Crippen molar-refractivity contribution in [2.24, 2.45) is 0 Å². The molecule has 1 aromatic heterocycles. The summed E-state index contributed by atoms with van der Waals surface area (Å²) >= 11 is 5.00. The minimum atomic E-state index is -0.615. The van der Waals surface area contributed by atoms with Crippen LogP contribution in [0.25, 0.3) is 0 Å². The zero-order valence-electron chi connectivity index (χ0n) is 9.39. The van der Waals surface area contributed by atoms with Crippen molar-refractivity contribution in [1.29, 1.82) is 0 Å². The van der Waals surface area contributed by atoms with E-state index >= 15 is 0 Å². The molecule has 90 valence electrons. The second kappa shape index (κ2) is 5.67. The molecule has 2 nitrogen and oxygen atoms in total. The van der Waals surface area contributed by atoms with Crippen LogP contribution in [0.1, 0.15) is 24.2 Å². The molecule has 1 atom stereocenters. The average molecular weight is 313 g/mol. The average Bonchev–Trinajstić information content (AvgIpc) is 2.75. The predicted octanol–water partition coefficient (Wildman–Crippen LogP) is 3.99. The summed E-state index contributed by atoms with van der Waals surface area (Å²) in [4.78, 5) is 0. The summed E-state index contributed by atoms with van der Waals surface area (Å²) in [6.07, 6.45) is -0.615. The second-order valence-corrected chi connectivity index (χ2v) is 5.18. The molecule has 1 unspecified atom stereocenters. The molecular formula is C13H13BrO2S. The summed E-state index contributed by atoms with van der Waals surface area (Å²) in [5, 5.41) is 14.2. The van der Waals surface area contributed by atoms with Gasteiger partial charge in [0.25, 0.3) is 0 Å². The van der Waals surface area contributed by atoms with Crippen LogP contribution in [-0.2, 0) is 0 Å². The SMILES string of the molecule is CCOc1cccc(C(O)c2cscc2Br)c1. The maximum absolute atomic E-state index is 10.3. The molecule has 2 rings (SSSR count). The number of halogens is 1. The zero-order chi connectivity index (χ0) is 12.3. The zero-order valence-corrected chi connectivity index (χ0v) is 11.8. The maximum atomic E-state index is 10.3. The van der Waals surface area contributed by atoms with Gasteiger partial charge < -0.3 is 9.84 Å². The van der Waals surface area contributed by atoms with Crippen LogP contribution in [0.15, 0.2) is 39.5 Å². The molecule has 0 amide bonds. The number of aliphatic hydroxyl groups is 1. The van der Waals surface area contributed by atoms with Gasteiger partial charge in [0.1, 0.15) is 11.9 Å². The van der Waals surface area contributed by atoms with E-state index in [-0.39, 0.29) is 0 Å². The largest absolute Gasteiger partial charge is 0.494 e. The highest BCUT2D eigenvalue weighted by atomic mass is 79.9. The molecule has 1 N–H and O–H groups in total. The van der Waals surface area contributed by atoms with Crippen molar-refractivity contribution in [3.05, 3.63) is 50.6 Å². The van der Waals surface area contributed by atoms with Crippen molar-refractivity contribution < 1.29 is 9.84 Å². The van der Waals surface area contributed by atoms with Crippen LogP contribution in [0, 0.1) is 0 Å². The van der Waals surface area contributed by atoms with Gasteiger partial charge in [0.05, 0.1) is 6.61 Å². The van der Waals surface area contributed by atoms with Gasteiger partial charge in [-0.2, -0.15) is 11.3 Å². The highest BCUT2D eigenvalue weighted by molar-refractivity contribution is 9.10. The number of hydrogen-bond acceptors (Lipinski definition) is 3. The van der Waals surface area contributed by atoms with Crippen LogP contribution in [0.5, 0.6) is 5.75 Å². The first-order valence-corrected chi connectivity index (χ1v) is 7.08. The molecule has 0 saturated heterocycles. The van der Waals surface area contributed by atoms with Crippen molar-refractivity contribution >= 4 is 27.3 Å². The highest BCUT2D eigenvalue weighted by Gasteiger charge is 2.14. The first-order chi connectivity index (χ1) is 8.22. The maximum Gasteiger partial charge on any atom is 0.119 e. The van der Waals surface area contributed by atoms with Crippen LogP contribution < -0.4 is 4.74 Å². The van der Waals surface area contributed by atoms with Gasteiger partial charge in [-0.1, -0.05) is 12.1 Å². The van der Waals surface area contributed by atoms with Crippen LogP contribution in [0.4, 0.5) is 0 Å². The Hall–Kier alpha value is -0.840. The summed E-state index contributed by atoms with van der Waals surface area (Å²) in [6.45, 7) is 2.57. The van der Waals surface area contributed by atoms with Gasteiger partial charge in [0.15, 0.2) is 0 Å². The Kier molecular flexibility index (Phi) is 4.20. The van der Waals surface area contributed by atoms with Crippen molar-refractivity contribution in [3.63, 3.8) is 0 Å². The molecule has 0 aliphatic rings. The molecule has 17 heavy (non-hydrogen) atoms. The fraction of sp³-hybridized carbons (Fsp3) is 0.231. The van der Waals surface area contributed by atoms with Gasteiger partial charge in [0.2, 0.25) is 0 Å². The normalized spacial score (nSPS) is 12.4. The molecule has 4 heteroatoms. The van der Waals surface area contributed by atoms with Crippen LogP contribution in [0.2, 0.25) is 0 Å². The Bertz CT molecular complexity index is 496. The Morgan fingerprint density at radius 3 is 2.88 bits per heavy atom. The lowest BCUT2D eigenvalue weighted by Crippen LogP contribution is -2.00. The molecule has 0 saturated carbocycles. The summed E-state index contributed by atoms with van der Waals surface area (Å²) in [5.41, 5.74) is 1.73. The van der Waals surface area contributed by atoms with E-state index in [9.17, 15) is 5.11 Å². The number of thiophene rings is 1. The third kappa shape index (κ3) is 2.89. The Balaban J connectivity index is 2.28. The van der Waals surface area contributed by atoms with Crippen molar-refractivity contribution in [3.8, 4) is 5.75 Å². The van der Waals surface area contributed by atoms with E-state index in [1.807, 2.05) is 41.9 Å². The lowest BCUT2D eigenvalue weighted by atomic mass is 10.0. The van der Waals surface area contributed by atoms with Crippen LogP contribution in [-0.4, -0.2) is 11.7 Å². The number of hydrogen-bond donors (Lipinski definition) is 1. The first kappa shape index (κ1) is 12.6. The quantitative estimate of drug-likeness (QED) is 0.925. The monoisotopic (exact) mass is 312 g/mol. The Morgan fingerprint density at radius 2 is 2.24 bits per heavy atom. The minimum Gasteiger partial charge on any atom is -0.494 e. The van der Waals surface area contributed by atoms with Gasteiger partial charge in [0, 0.05) is 15.4 Å². The van der Waals surface area contributed by atoms with Crippen molar-refractivity contribution in [1.82, 2.24) is 0 Å². The van der Waals surface area contributed by atoms with E-state index in [2.05, 4.69) is 15.9 Å². The van der Waals surface area contributed by atoms with E-state index in [1.165, 1.54) is 0 Å². The number of aliphatic hydroxyl groups excluding tert-OH is 1. The van der Waals surface area contributed by atoms with Crippen molar-refractivity contribution in [2.75, 3.05) is 6.61 Å². The van der Waals surface area contributed by atoms with E-state index in [0.717, 1.165) is 21.3 Å². The predicted molar refractivity (Wildman–Crippen MR) is 73.7 cm³/mol. The molecule has 0 radical (unpaired) electrons. The molecular weight excluding hydrogens is 300 g/mol. The lowest BCUT2D eigenvalue weighted by Gasteiger charge is -2.12. The summed E-state index contributed by atoms with van der Waals surface area (Å²) in [5.74, 6) is 0.787. The number of benzene rings is 1. The molecule has 1 heterocycles. The molecule has 1 aromatic carbocycles. The summed E-state index contributed by atoms with van der Waals surface area (Å²) in [7, 11) is 0. The van der Waals surface area contributed by atoms with E-state index in [4.69, 9.17) is 4.74 Å². The van der Waals surface area contributed by atoms with E-state index < -0.39 is 6.10 Å². The highest BCUT2D eigenvalue weighted by Crippen LogP contribution is 2.32. The molecule has 0 aliphatic heterocycles.